The van der Waals surface area contributed by atoms with Crippen molar-refractivity contribution in [3.05, 3.63) is 0 Å². The van der Waals surface area contributed by atoms with E-state index in [-0.39, 0.29) is 24.0 Å². The summed E-state index contributed by atoms with van der Waals surface area (Å²) in [6.45, 7) is 15.1. The van der Waals surface area contributed by atoms with Crippen molar-refractivity contribution in [3.8, 4) is 0 Å². The number of nitrogens with zero attached hydrogens (tertiary/aromatic N) is 1. The fourth-order valence-electron chi connectivity index (χ4n) is 2.15. The molecule has 3 N–H and O–H groups in total. The van der Waals surface area contributed by atoms with E-state index in [0.29, 0.717) is 6.54 Å². The number of hydrogen-bond acceptors (Lipinski definition) is 4. The zero-order valence-corrected chi connectivity index (χ0v) is 20.1. The number of alkyl carbamates (subject to hydrolysis) is 1. The van der Waals surface area contributed by atoms with Gasteiger partial charge in [0, 0.05) is 26.3 Å². The van der Waals surface area contributed by atoms with Gasteiger partial charge in [0.1, 0.15) is 5.60 Å². The second kappa shape index (κ2) is 12.6. The Kier molecular flexibility index (Phi) is 12.3. The van der Waals surface area contributed by atoms with E-state index in [1.807, 2.05) is 41.5 Å². The van der Waals surface area contributed by atoms with Crippen molar-refractivity contribution >= 4 is 36.0 Å². The lowest BCUT2D eigenvalue weighted by molar-refractivity contribution is 0.0476. The largest absolute Gasteiger partial charge is 0.444 e. The molecule has 1 aliphatic carbocycles. The molecule has 27 heavy (non-hydrogen) atoms. The van der Waals surface area contributed by atoms with E-state index in [0.717, 1.165) is 44.6 Å². The van der Waals surface area contributed by atoms with Crippen molar-refractivity contribution in [1.29, 1.82) is 0 Å². The monoisotopic (exact) mass is 498 g/mol. The van der Waals surface area contributed by atoms with Gasteiger partial charge in [-0.05, 0) is 66.7 Å². The number of carbonyl (C=O) groups is 1. The van der Waals surface area contributed by atoms with Gasteiger partial charge in [-0.2, -0.15) is 0 Å². The number of rotatable bonds is 10. The molecule has 8 heteroatoms. The van der Waals surface area contributed by atoms with E-state index >= 15 is 0 Å². The van der Waals surface area contributed by atoms with Gasteiger partial charge in [-0.1, -0.05) is 0 Å². The normalized spacial score (nSPS) is 15.0. The number of aliphatic imine (C=N–C) groups is 1. The van der Waals surface area contributed by atoms with Crippen LogP contribution in [0.3, 0.4) is 0 Å². The van der Waals surface area contributed by atoms with Crippen LogP contribution in [0.5, 0.6) is 0 Å². The van der Waals surface area contributed by atoms with Crippen molar-refractivity contribution in [1.82, 2.24) is 16.0 Å². The molecule has 0 aromatic heterocycles. The molecule has 1 amide bonds. The minimum atomic E-state index is -0.512. The van der Waals surface area contributed by atoms with Crippen molar-refractivity contribution < 1.29 is 14.3 Å². The quantitative estimate of drug-likeness (QED) is 0.186. The summed E-state index contributed by atoms with van der Waals surface area (Å²) in [6, 6.07) is 0. The third-order valence-electron chi connectivity index (χ3n) is 3.62. The zero-order chi connectivity index (χ0) is 19.6. The van der Waals surface area contributed by atoms with Gasteiger partial charge < -0.3 is 25.4 Å². The van der Waals surface area contributed by atoms with E-state index < -0.39 is 17.2 Å². The molecular formula is C19H39IN4O3. The summed E-state index contributed by atoms with van der Waals surface area (Å²) in [5.41, 5.74) is -1.01. The molecule has 0 heterocycles. The fourth-order valence-corrected chi connectivity index (χ4v) is 2.15. The van der Waals surface area contributed by atoms with Gasteiger partial charge in [0.2, 0.25) is 0 Å². The molecule has 0 saturated heterocycles. The Balaban J connectivity index is 0.00000676. The Bertz CT molecular complexity index is 460. The molecule has 0 radical (unpaired) electrons. The predicted molar refractivity (Wildman–Crippen MR) is 121 cm³/mol. The molecule has 0 unspecified atom stereocenters. The van der Waals surface area contributed by atoms with Crippen LogP contribution >= 0.6 is 24.0 Å². The standard InChI is InChI=1S/C19H38N4O3.HI/c1-7-20-16(21-11-8-12-25-13-15-9-10-15)22-14-19(5,6)23-17(24)26-18(2,3)4;/h15H,7-14H2,1-6H3,(H,23,24)(H2,20,21,22);1H. The summed E-state index contributed by atoms with van der Waals surface area (Å²) in [5, 5.41) is 9.39. The number of carbonyl (C=O) groups excluding carboxylic acids is 1. The second-order valence-corrected chi connectivity index (χ2v) is 8.50. The molecule has 0 atom stereocenters. The first-order valence-corrected chi connectivity index (χ1v) is 9.72. The van der Waals surface area contributed by atoms with Crippen LogP contribution in [0.15, 0.2) is 4.99 Å². The fraction of sp³-hybridized carbons (Fsp3) is 0.895. The predicted octanol–water partition coefficient (Wildman–Crippen LogP) is 3.28. The van der Waals surface area contributed by atoms with Crippen molar-refractivity contribution in [2.75, 3.05) is 32.8 Å². The summed E-state index contributed by atoms with van der Waals surface area (Å²) in [4.78, 5) is 16.5. The Morgan fingerprint density at radius 2 is 1.81 bits per heavy atom. The van der Waals surface area contributed by atoms with Crippen LogP contribution < -0.4 is 16.0 Å². The Morgan fingerprint density at radius 3 is 2.37 bits per heavy atom. The lowest BCUT2D eigenvalue weighted by Gasteiger charge is -2.27. The van der Waals surface area contributed by atoms with E-state index in [1.165, 1.54) is 12.8 Å². The molecule has 0 spiro atoms. The van der Waals surface area contributed by atoms with Gasteiger partial charge in [-0.25, -0.2) is 4.79 Å². The maximum atomic E-state index is 11.9. The van der Waals surface area contributed by atoms with Crippen molar-refractivity contribution in [2.24, 2.45) is 10.9 Å². The molecule has 160 valence electrons. The maximum Gasteiger partial charge on any atom is 0.408 e. The lowest BCUT2D eigenvalue weighted by Crippen LogP contribution is -2.49. The first-order chi connectivity index (χ1) is 12.1. The lowest BCUT2D eigenvalue weighted by atomic mass is 10.1. The average Bonchev–Trinajstić information content (AvgIpc) is 3.29. The van der Waals surface area contributed by atoms with Gasteiger partial charge in [0.05, 0.1) is 12.1 Å². The number of amides is 1. The topological polar surface area (TPSA) is 84.0 Å². The summed E-state index contributed by atoms with van der Waals surface area (Å²) in [5.74, 6) is 1.55. The number of nitrogens with one attached hydrogen (secondary N) is 3. The highest BCUT2D eigenvalue weighted by Gasteiger charge is 2.24. The highest BCUT2D eigenvalue weighted by molar-refractivity contribution is 14.0. The first kappa shape index (κ1) is 26.2. The SMILES string of the molecule is CCNC(=NCC(C)(C)NC(=O)OC(C)(C)C)NCCCOCC1CC1.I. The van der Waals surface area contributed by atoms with E-state index in [9.17, 15) is 4.79 Å². The third-order valence-corrected chi connectivity index (χ3v) is 3.62. The van der Waals surface area contributed by atoms with E-state index in [4.69, 9.17) is 9.47 Å². The highest BCUT2D eigenvalue weighted by Crippen LogP contribution is 2.28. The zero-order valence-electron chi connectivity index (χ0n) is 17.8. The second-order valence-electron chi connectivity index (χ2n) is 8.50. The number of guanidine groups is 1. The van der Waals surface area contributed by atoms with Crippen LogP contribution in [0.25, 0.3) is 0 Å². The van der Waals surface area contributed by atoms with E-state index in [1.54, 1.807) is 0 Å². The van der Waals surface area contributed by atoms with Crippen LogP contribution in [-0.4, -0.2) is 56.0 Å². The van der Waals surface area contributed by atoms with Crippen molar-refractivity contribution in [3.63, 3.8) is 0 Å². The van der Waals surface area contributed by atoms with Crippen LogP contribution in [0, 0.1) is 5.92 Å². The van der Waals surface area contributed by atoms with Crippen LogP contribution in [0.4, 0.5) is 4.79 Å². The van der Waals surface area contributed by atoms with Gasteiger partial charge in [-0.3, -0.25) is 4.99 Å². The highest BCUT2D eigenvalue weighted by atomic mass is 127. The minimum absolute atomic E-state index is 0. The molecule has 1 rings (SSSR count). The summed E-state index contributed by atoms with van der Waals surface area (Å²) in [6.07, 6.45) is 3.16. The molecule has 0 aromatic carbocycles. The first-order valence-electron chi connectivity index (χ1n) is 9.72. The molecule has 1 fully saturated rings. The molecule has 0 aliphatic heterocycles. The van der Waals surface area contributed by atoms with Gasteiger partial charge in [0.15, 0.2) is 5.96 Å². The molecular weight excluding hydrogens is 459 g/mol. The smallest absolute Gasteiger partial charge is 0.408 e. The Labute approximate surface area is 181 Å². The van der Waals surface area contributed by atoms with Gasteiger partial charge in [-0.15, -0.1) is 24.0 Å². The van der Waals surface area contributed by atoms with Crippen LogP contribution in [0.2, 0.25) is 0 Å². The summed E-state index contributed by atoms with van der Waals surface area (Å²) < 4.78 is 10.9. The maximum absolute atomic E-state index is 11.9. The average molecular weight is 498 g/mol. The Hall–Kier alpha value is -0.770. The minimum Gasteiger partial charge on any atom is -0.444 e. The van der Waals surface area contributed by atoms with E-state index in [2.05, 4.69) is 20.9 Å². The molecule has 1 aliphatic rings. The van der Waals surface area contributed by atoms with Crippen LogP contribution in [0.1, 0.15) is 60.8 Å². The van der Waals surface area contributed by atoms with Gasteiger partial charge in [0.25, 0.3) is 0 Å². The molecule has 0 aromatic rings. The summed E-state index contributed by atoms with van der Waals surface area (Å²) >= 11 is 0. The molecule has 7 nitrogen and oxygen atoms in total. The molecule has 1 saturated carbocycles. The van der Waals surface area contributed by atoms with Crippen molar-refractivity contribution in [2.45, 2.75) is 71.9 Å². The van der Waals surface area contributed by atoms with Gasteiger partial charge >= 0.3 is 6.09 Å². The third kappa shape index (κ3) is 14.9. The number of ether oxygens (including phenoxy) is 2. The van der Waals surface area contributed by atoms with Crippen LogP contribution in [-0.2, 0) is 9.47 Å². The molecule has 0 bridgehead atoms. The number of halogens is 1. The summed E-state index contributed by atoms with van der Waals surface area (Å²) in [7, 11) is 0. The number of hydrogen-bond donors (Lipinski definition) is 3. The Morgan fingerprint density at radius 1 is 1.15 bits per heavy atom.